The predicted molar refractivity (Wildman–Crippen MR) is 119 cm³/mol. The van der Waals surface area contributed by atoms with Crippen LogP contribution < -0.4 is 16.4 Å². The van der Waals surface area contributed by atoms with Crippen LogP contribution in [-0.2, 0) is 20.4 Å². The number of aromatic nitrogens is 4. The molecule has 3 heterocycles. The van der Waals surface area contributed by atoms with Crippen molar-refractivity contribution in [1.82, 2.24) is 24.6 Å². The van der Waals surface area contributed by atoms with Gasteiger partial charge >= 0.3 is 0 Å². The highest BCUT2D eigenvalue weighted by atomic mass is 31.2. The molecule has 1 aromatic carbocycles. The number of nitrogens with one attached hydrogen (secondary N) is 2. The number of fused-ring (bicyclic) bond motifs is 1. The Morgan fingerprint density at radius 3 is 2.81 bits per heavy atom. The van der Waals surface area contributed by atoms with Gasteiger partial charge in [-0.2, -0.15) is 4.98 Å². The van der Waals surface area contributed by atoms with E-state index >= 15 is 0 Å². The van der Waals surface area contributed by atoms with Crippen molar-refractivity contribution in [2.75, 3.05) is 19.0 Å². The standard InChI is InChI=1S/C20H27N6O5P/c1-20(2)15(27)13(10-30-32(3,29)23-9-12-7-5-4-6-8-12)31-18(20)26-11-22-14-16(26)24-19(21)25-17(14)28/h4-8,11,13,15,18,27H,9-10H2,1-3H3,(H,23,29)(H3,21,24,25,28). The minimum absolute atomic E-state index is 0.0445. The first-order valence-corrected chi connectivity index (χ1v) is 12.2. The third-order valence-corrected chi connectivity index (χ3v) is 7.03. The Hall–Kier alpha value is -2.56. The fourth-order valence-electron chi connectivity index (χ4n) is 3.80. The largest absolute Gasteiger partial charge is 0.390 e. The van der Waals surface area contributed by atoms with Gasteiger partial charge in [-0.15, -0.1) is 0 Å². The molecule has 0 aliphatic carbocycles. The quantitative estimate of drug-likeness (QED) is 0.383. The Labute approximate surface area is 184 Å². The molecule has 3 aromatic rings. The number of H-pyrrole nitrogens is 1. The molecule has 2 aromatic heterocycles. The van der Waals surface area contributed by atoms with Crippen LogP contribution in [0.5, 0.6) is 0 Å². The van der Waals surface area contributed by atoms with Crippen LogP contribution >= 0.6 is 7.52 Å². The number of anilines is 1. The van der Waals surface area contributed by atoms with Gasteiger partial charge in [0.2, 0.25) is 5.95 Å². The van der Waals surface area contributed by atoms with Gasteiger partial charge in [0, 0.05) is 18.6 Å². The van der Waals surface area contributed by atoms with Gasteiger partial charge in [-0.3, -0.25) is 18.9 Å². The zero-order valence-electron chi connectivity index (χ0n) is 18.1. The molecule has 11 nitrogen and oxygen atoms in total. The molecule has 1 fully saturated rings. The van der Waals surface area contributed by atoms with E-state index in [1.165, 1.54) is 13.0 Å². The van der Waals surface area contributed by atoms with Crippen molar-refractivity contribution >= 4 is 24.6 Å². The summed E-state index contributed by atoms with van der Waals surface area (Å²) in [6.45, 7) is 5.44. The van der Waals surface area contributed by atoms with Crippen molar-refractivity contribution in [3.8, 4) is 0 Å². The molecule has 1 aliphatic rings. The molecule has 4 rings (SSSR count). The Kier molecular flexibility index (Phi) is 5.95. The van der Waals surface area contributed by atoms with Crippen molar-refractivity contribution in [3.63, 3.8) is 0 Å². The number of benzene rings is 1. The number of hydrogen-bond donors (Lipinski definition) is 4. The normalized spacial score (nSPS) is 24.6. The van der Waals surface area contributed by atoms with Crippen LogP contribution in [0, 0.1) is 5.41 Å². The maximum absolute atomic E-state index is 12.8. The highest BCUT2D eigenvalue weighted by Crippen LogP contribution is 2.47. The molecular weight excluding hydrogens is 435 g/mol. The van der Waals surface area contributed by atoms with Crippen LogP contribution in [0.4, 0.5) is 5.95 Å². The van der Waals surface area contributed by atoms with Crippen LogP contribution in [0.1, 0.15) is 25.6 Å². The summed E-state index contributed by atoms with van der Waals surface area (Å²) in [6, 6.07) is 9.56. The monoisotopic (exact) mass is 462 g/mol. The van der Waals surface area contributed by atoms with Crippen LogP contribution in [0.25, 0.3) is 11.2 Å². The van der Waals surface area contributed by atoms with Crippen LogP contribution in [0.15, 0.2) is 41.5 Å². The highest BCUT2D eigenvalue weighted by Gasteiger charge is 2.51. The van der Waals surface area contributed by atoms with Crippen LogP contribution in [0.2, 0.25) is 0 Å². The maximum Gasteiger partial charge on any atom is 0.280 e. The molecular formula is C20H27N6O5P. The maximum atomic E-state index is 12.8. The van der Waals surface area contributed by atoms with E-state index in [9.17, 15) is 14.5 Å². The summed E-state index contributed by atoms with van der Waals surface area (Å²) in [6.07, 6.45) is -0.948. The second-order valence-electron chi connectivity index (χ2n) is 8.53. The van der Waals surface area contributed by atoms with Crippen LogP contribution in [0.3, 0.4) is 0 Å². The number of aromatic amines is 1. The molecule has 4 atom stereocenters. The lowest BCUT2D eigenvalue weighted by molar-refractivity contribution is -0.0449. The number of nitrogen functional groups attached to an aromatic ring is 1. The summed E-state index contributed by atoms with van der Waals surface area (Å²) in [5.41, 5.74) is 5.79. The fourth-order valence-corrected chi connectivity index (χ4v) is 4.79. The van der Waals surface area contributed by atoms with E-state index in [-0.39, 0.29) is 23.7 Å². The van der Waals surface area contributed by atoms with Gasteiger partial charge in [0.15, 0.2) is 11.2 Å². The van der Waals surface area contributed by atoms with Crippen molar-refractivity contribution in [2.45, 2.75) is 38.8 Å². The van der Waals surface area contributed by atoms with Gasteiger partial charge in [-0.05, 0) is 5.56 Å². The zero-order valence-corrected chi connectivity index (χ0v) is 19.0. The minimum atomic E-state index is -3.15. The number of ether oxygens (including phenoxy) is 1. The van der Waals surface area contributed by atoms with Crippen molar-refractivity contribution in [2.24, 2.45) is 5.41 Å². The number of aliphatic hydroxyl groups is 1. The zero-order chi connectivity index (χ0) is 23.1. The SMILES string of the molecule is CC1(C)C(O)C(COP(C)(=O)NCc2ccccc2)OC1n1cnc2c(=O)[nH]c(N)nc21. The number of nitrogens with zero attached hydrogens (tertiary/aromatic N) is 3. The molecule has 0 amide bonds. The summed E-state index contributed by atoms with van der Waals surface area (Å²) < 4.78 is 26.1. The molecule has 172 valence electrons. The Balaban J connectivity index is 1.48. The number of nitrogens with two attached hydrogens (primary N) is 1. The second kappa shape index (κ2) is 8.42. The smallest absolute Gasteiger partial charge is 0.280 e. The lowest BCUT2D eigenvalue weighted by atomic mass is 9.84. The van der Waals surface area contributed by atoms with Crippen molar-refractivity contribution < 1.29 is 18.9 Å². The van der Waals surface area contributed by atoms with E-state index in [0.717, 1.165) is 5.56 Å². The van der Waals surface area contributed by atoms with Crippen molar-refractivity contribution in [1.29, 1.82) is 0 Å². The van der Waals surface area contributed by atoms with E-state index < -0.39 is 36.9 Å². The summed E-state index contributed by atoms with van der Waals surface area (Å²) in [5.74, 6) is -0.0445. The first-order chi connectivity index (χ1) is 15.1. The van der Waals surface area contributed by atoms with E-state index in [0.29, 0.717) is 6.54 Å². The first-order valence-electron chi connectivity index (χ1n) is 10.2. The highest BCUT2D eigenvalue weighted by molar-refractivity contribution is 7.55. The minimum Gasteiger partial charge on any atom is -0.390 e. The molecule has 1 saturated heterocycles. The number of imidazole rings is 1. The van der Waals surface area contributed by atoms with Gasteiger partial charge in [-0.1, -0.05) is 44.2 Å². The summed E-state index contributed by atoms with van der Waals surface area (Å²) in [7, 11) is -3.15. The van der Waals surface area contributed by atoms with E-state index in [2.05, 4.69) is 20.0 Å². The summed E-state index contributed by atoms with van der Waals surface area (Å²) in [5, 5.41) is 13.8. The molecule has 5 N–H and O–H groups in total. The average molecular weight is 462 g/mol. The Bertz CT molecular complexity index is 1210. The molecule has 12 heteroatoms. The average Bonchev–Trinajstić information content (AvgIpc) is 3.25. The van der Waals surface area contributed by atoms with E-state index in [1.54, 1.807) is 4.57 Å². The first kappa shape index (κ1) is 22.6. The van der Waals surface area contributed by atoms with Crippen LogP contribution in [-0.4, -0.2) is 50.1 Å². The van der Waals surface area contributed by atoms with Gasteiger partial charge in [0.25, 0.3) is 13.1 Å². The third kappa shape index (κ3) is 4.35. The Morgan fingerprint density at radius 1 is 1.38 bits per heavy atom. The molecule has 0 bridgehead atoms. The van der Waals surface area contributed by atoms with Crippen molar-refractivity contribution in [3.05, 3.63) is 52.6 Å². The molecule has 0 spiro atoms. The van der Waals surface area contributed by atoms with Gasteiger partial charge < -0.3 is 20.1 Å². The van der Waals surface area contributed by atoms with Gasteiger partial charge in [0.05, 0.1) is 19.0 Å². The van der Waals surface area contributed by atoms with E-state index in [1.807, 2.05) is 44.2 Å². The lowest BCUT2D eigenvalue weighted by Crippen LogP contribution is -2.36. The molecule has 0 radical (unpaired) electrons. The number of rotatable bonds is 7. The molecule has 32 heavy (non-hydrogen) atoms. The molecule has 0 saturated carbocycles. The molecule has 4 unspecified atom stereocenters. The lowest BCUT2D eigenvalue weighted by Gasteiger charge is -2.28. The van der Waals surface area contributed by atoms with E-state index in [4.69, 9.17) is 15.0 Å². The van der Waals surface area contributed by atoms with Gasteiger partial charge in [-0.25, -0.2) is 10.1 Å². The summed E-state index contributed by atoms with van der Waals surface area (Å²) in [4.78, 5) is 22.8. The number of aliphatic hydroxyl groups excluding tert-OH is 1. The predicted octanol–water partition coefficient (Wildman–Crippen LogP) is 1.62. The van der Waals surface area contributed by atoms with Gasteiger partial charge in [0.1, 0.15) is 12.3 Å². The second-order valence-corrected chi connectivity index (χ2v) is 10.8. The topological polar surface area (TPSA) is 157 Å². The number of hydrogen-bond acceptors (Lipinski definition) is 8. The fraction of sp³-hybridized carbons (Fsp3) is 0.450. The molecule has 1 aliphatic heterocycles. The summed E-state index contributed by atoms with van der Waals surface area (Å²) >= 11 is 0. The Morgan fingerprint density at radius 2 is 2.09 bits per heavy atom. The third-order valence-electron chi connectivity index (χ3n) is 5.66.